The van der Waals surface area contributed by atoms with E-state index in [9.17, 15) is 5.11 Å². The van der Waals surface area contributed by atoms with Crippen LogP contribution in [-0.4, -0.2) is 30.3 Å². The van der Waals surface area contributed by atoms with E-state index in [2.05, 4.69) is 19.2 Å². The molecule has 20 heavy (non-hydrogen) atoms. The van der Waals surface area contributed by atoms with Gasteiger partial charge in [0, 0.05) is 24.4 Å². The van der Waals surface area contributed by atoms with E-state index in [0.29, 0.717) is 12.5 Å². The van der Waals surface area contributed by atoms with Gasteiger partial charge in [-0.15, -0.1) is 0 Å². The number of rotatable bonds is 5. The Bertz CT molecular complexity index is 289. The van der Waals surface area contributed by atoms with Gasteiger partial charge in [0.2, 0.25) is 0 Å². The Labute approximate surface area is 124 Å². The van der Waals surface area contributed by atoms with Gasteiger partial charge in [-0.3, -0.25) is 0 Å². The second-order valence-electron chi connectivity index (χ2n) is 7.41. The highest BCUT2D eigenvalue weighted by atomic mass is 16.3. The van der Waals surface area contributed by atoms with Crippen molar-refractivity contribution in [2.75, 3.05) is 19.6 Å². The van der Waals surface area contributed by atoms with E-state index < -0.39 is 5.60 Å². The van der Waals surface area contributed by atoms with Gasteiger partial charge >= 0.3 is 0 Å². The Kier molecular flexibility index (Phi) is 5.49. The molecule has 2 rings (SSSR count). The molecular weight excluding hydrogens is 248 g/mol. The van der Waals surface area contributed by atoms with Crippen LogP contribution >= 0.6 is 0 Å². The van der Waals surface area contributed by atoms with Crippen LogP contribution in [0, 0.1) is 17.3 Å². The van der Waals surface area contributed by atoms with Gasteiger partial charge in [-0.1, -0.05) is 19.8 Å². The summed E-state index contributed by atoms with van der Waals surface area (Å²) in [4.78, 5) is 0. The maximum absolute atomic E-state index is 11.3. The molecule has 2 atom stereocenters. The first-order valence-corrected chi connectivity index (χ1v) is 8.69. The lowest BCUT2D eigenvalue weighted by Crippen LogP contribution is -2.59. The molecule has 1 heterocycles. The maximum atomic E-state index is 11.3. The normalized spacial score (nSPS) is 38.4. The average molecular weight is 282 g/mol. The Morgan fingerprint density at radius 3 is 2.50 bits per heavy atom. The van der Waals surface area contributed by atoms with Crippen molar-refractivity contribution in [3.05, 3.63) is 0 Å². The van der Waals surface area contributed by atoms with E-state index >= 15 is 0 Å². The zero-order valence-corrected chi connectivity index (χ0v) is 13.5. The molecule has 0 bridgehead atoms. The Balaban J connectivity index is 2.06. The molecule has 0 amide bonds. The largest absolute Gasteiger partial charge is 0.389 e. The summed E-state index contributed by atoms with van der Waals surface area (Å²) in [6, 6.07) is 0. The molecular formula is C17H34N2O. The van der Waals surface area contributed by atoms with Crippen LogP contribution in [0.3, 0.4) is 0 Å². The highest BCUT2D eigenvalue weighted by molar-refractivity contribution is 5.03. The van der Waals surface area contributed by atoms with Crippen LogP contribution in [0.2, 0.25) is 0 Å². The molecule has 2 unspecified atom stereocenters. The summed E-state index contributed by atoms with van der Waals surface area (Å²) in [7, 11) is 0. The third kappa shape index (κ3) is 3.05. The van der Waals surface area contributed by atoms with Crippen LogP contribution in [0.4, 0.5) is 0 Å². The lowest BCUT2D eigenvalue weighted by Gasteiger charge is -2.53. The van der Waals surface area contributed by atoms with E-state index in [1.54, 1.807) is 0 Å². The maximum Gasteiger partial charge on any atom is 0.0727 e. The van der Waals surface area contributed by atoms with E-state index in [4.69, 9.17) is 5.73 Å². The number of hydrogen-bond acceptors (Lipinski definition) is 3. The molecule has 0 aromatic carbocycles. The van der Waals surface area contributed by atoms with Crippen LogP contribution in [0.5, 0.6) is 0 Å². The van der Waals surface area contributed by atoms with Crippen molar-refractivity contribution in [1.82, 2.24) is 5.32 Å². The molecule has 3 heteroatoms. The lowest BCUT2D eigenvalue weighted by molar-refractivity contribution is -0.134. The van der Waals surface area contributed by atoms with Crippen LogP contribution in [0.25, 0.3) is 0 Å². The van der Waals surface area contributed by atoms with Crippen molar-refractivity contribution in [2.24, 2.45) is 23.0 Å². The Morgan fingerprint density at radius 2 is 2.00 bits per heavy atom. The lowest BCUT2D eigenvalue weighted by atomic mass is 9.57. The van der Waals surface area contributed by atoms with Gasteiger partial charge < -0.3 is 16.2 Å². The van der Waals surface area contributed by atoms with E-state index in [1.807, 2.05) is 0 Å². The smallest absolute Gasteiger partial charge is 0.0727 e. The van der Waals surface area contributed by atoms with E-state index in [1.165, 1.54) is 32.1 Å². The molecule has 118 valence electrons. The molecule has 0 aromatic rings. The number of hydrogen-bond donors (Lipinski definition) is 3. The number of nitrogens with two attached hydrogens (primary N) is 1. The van der Waals surface area contributed by atoms with Crippen molar-refractivity contribution in [3.8, 4) is 0 Å². The number of piperidine rings is 1. The zero-order valence-electron chi connectivity index (χ0n) is 13.5. The summed E-state index contributed by atoms with van der Waals surface area (Å²) < 4.78 is 0. The van der Waals surface area contributed by atoms with E-state index in [-0.39, 0.29) is 5.41 Å². The predicted octanol–water partition coefficient (Wildman–Crippen LogP) is 2.67. The molecule has 0 aromatic heterocycles. The number of aliphatic hydroxyl groups is 1. The second-order valence-corrected chi connectivity index (χ2v) is 7.41. The first kappa shape index (κ1) is 16.3. The molecule has 3 nitrogen and oxygen atoms in total. The van der Waals surface area contributed by atoms with Crippen molar-refractivity contribution < 1.29 is 5.11 Å². The minimum Gasteiger partial charge on any atom is -0.389 e. The molecule has 1 saturated heterocycles. The Morgan fingerprint density at radius 1 is 1.30 bits per heavy atom. The van der Waals surface area contributed by atoms with Gasteiger partial charge in [0.25, 0.3) is 0 Å². The van der Waals surface area contributed by atoms with Crippen LogP contribution in [0.15, 0.2) is 0 Å². The first-order chi connectivity index (χ1) is 9.55. The minimum absolute atomic E-state index is 0.0546. The van der Waals surface area contributed by atoms with Crippen molar-refractivity contribution in [2.45, 2.75) is 70.8 Å². The summed E-state index contributed by atoms with van der Waals surface area (Å²) in [6.45, 7) is 7.02. The quantitative estimate of drug-likeness (QED) is 0.726. The molecule has 1 aliphatic heterocycles. The summed E-state index contributed by atoms with van der Waals surface area (Å²) in [5.41, 5.74) is 5.50. The summed E-state index contributed by atoms with van der Waals surface area (Å²) in [5, 5.41) is 14.8. The van der Waals surface area contributed by atoms with Gasteiger partial charge in [-0.05, 0) is 57.9 Å². The third-order valence-electron chi connectivity index (χ3n) is 6.32. The van der Waals surface area contributed by atoms with Crippen molar-refractivity contribution in [3.63, 3.8) is 0 Å². The summed E-state index contributed by atoms with van der Waals surface area (Å²) in [5.74, 6) is 1.22. The molecule has 1 aliphatic carbocycles. The Hall–Kier alpha value is -0.120. The molecule has 4 N–H and O–H groups in total. The molecule has 0 spiro atoms. The zero-order chi connectivity index (χ0) is 14.6. The van der Waals surface area contributed by atoms with E-state index in [0.717, 1.165) is 38.3 Å². The van der Waals surface area contributed by atoms with Gasteiger partial charge in [0.1, 0.15) is 0 Å². The molecule has 2 aliphatic rings. The van der Waals surface area contributed by atoms with Crippen molar-refractivity contribution >= 4 is 0 Å². The first-order valence-electron chi connectivity index (χ1n) is 8.69. The highest BCUT2D eigenvalue weighted by Gasteiger charge is 2.51. The third-order valence-corrected chi connectivity index (χ3v) is 6.32. The second kappa shape index (κ2) is 6.76. The average Bonchev–Trinajstić information content (AvgIpc) is 2.49. The molecule has 1 saturated carbocycles. The van der Waals surface area contributed by atoms with Crippen LogP contribution < -0.4 is 11.1 Å². The SMILES string of the molecule is CCCC1CCC(CN)(C(C)(O)C2CCCNC2)CC1. The molecule has 2 fully saturated rings. The predicted molar refractivity (Wildman–Crippen MR) is 84.6 cm³/mol. The van der Waals surface area contributed by atoms with Crippen LogP contribution in [-0.2, 0) is 0 Å². The van der Waals surface area contributed by atoms with Crippen LogP contribution in [0.1, 0.15) is 65.2 Å². The van der Waals surface area contributed by atoms with Gasteiger partial charge in [-0.25, -0.2) is 0 Å². The topological polar surface area (TPSA) is 58.3 Å². The number of nitrogens with one attached hydrogen (secondary N) is 1. The minimum atomic E-state index is -0.619. The molecule has 0 radical (unpaired) electrons. The summed E-state index contributed by atoms with van der Waals surface area (Å²) >= 11 is 0. The van der Waals surface area contributed by atoms with Gasteiger partial charge in [-0.2, -0.15) is 0 Å². The fourth-order valence-electron chi connectivity index (χ4n) is 4.61. The van der Waals surface area contributed by atoms with Gasteiger partial charge in [0.05, 0.1) is 5.60 Å². The highest BCUT2D eigenvalue weighted by Crippen LogP contribution is 2.50. The standard InChI is InChI=1S/C17H34N2O/c1-3-5-14-7-9-17(13-18,10-8-14)16(2,20)15-6-4-11-19-12-15/h14-15,19-20H,3-13,18H2,1-2H3. The van der Waals surface area contributed by atoms with Crippen molar-refractivity contribution in [1.29, 1.82) is 0 Å². The fraction of sp³-hybridized carbons (Fsp3) is 1.00. The van der Waals surface area contributed by atoms with Gasteiger partial charge in [0.15, 0.2) is 0 Å². The fourth-order valence-corrected chi connectivity index (χ4v) is 4.61. The monoisotopic (exact) mass is 282 g/mol. The summed E-state index contributed by atoms with van der Waals surface area (Å²) in [6.07, 6.45) is 9.66.